The fourth-order valence-corrected chi connectivity index (χ4v) is 2.99. The lowest BCUT2D eigenvalue weighted by Gasteiger charge is -2.19. The zero-order chi connectivity index (χ0) is 17.6. The van der Waals surface area contributed by atoms with Crippen LogP contribution in [-0.2, 0) is 11.2 Å². The number of hydrogen-bond acceptors (Lipinski definition) is 3. The number of hydrogen-bond donors (Lipinski definition) is 1. The van der Waals surface area contributed by atoms with Gasteiger partial charge in [-0.05, 0) is 61.1 Å². The Morgan fingerprint density at radius 3 is 2.28 bits per heavy atom. The maximum absolute atomic E-state index is 12.5. The van der Waals surface area contributed by atoms with Crippen molar-refractivity contribution in [3.8, 4) is 11.5 Å². The van der Waals surface area contributed by atoms with Crippen LogP contribution >= 0.6 is 0 Å². The molecular formula is C21H25NO3. The Balaban J connectivity index is 1.62. The summed E-state index contributed by atoms with van der Waals surface area (Å²) < 4.78 is 10.7. The van der Waals surface area contributed by atoms with E-state index < -0.39 is 0 Å². The number of amides is 1. The second-order valence-electron chi connectivity index (χ2n) is 6.41. The van der Waals surface area contributed by atoms with E-state index in [4.69, 9.17) is 9.47 Å². The van der Waals surface area contributed by atoms with E-state index in [1.807, 2.05) is 55.5 Å². The third-order valence-corrected chi connectivity index (χ3v) is 4.48. The average molecular weight is 339 g/mol. The second kappa shape index (κ2) is 8.06. The Morgan fingerprint density at radius 2 is 1.72 bits per heavy atom. The fraction of sp³-hybridized carbons (Fsp3) is 0.381. The normalized spacial score (nSPS) is 14.6. The summed E-state index contributed by atoms with van der Waals surface area (Å²) in [5.41, 5.74) is 2.13. The molecule has 2 aromatic carbocycles. The van der Waals surface area contributed by atoms with Gasteiger partial charge in [-0.15, -0.1) is 0 Å². The summed E-state index contributed by atoms with van der Waals surface area (Å²) >= 11 is 0. The minimum atomic E-state index is 0.0527. The van der Waals surface area contributed by atoms with Gasteiger partial charge in [0.05, 0.1) is 26.2 Å². The van der Waals surface area contributed by atoms with Gasteiger partial charge in [0.25, 0.3) is 0 Å². The van der Waals surface area contributed by atoms with Crippen molar-refractivity contribution in [3.63, 3.8) is 0 Å². The first-order valence-electron chi connectivity index (χ1n) is 8.84. The Bertz CT molecular complexity index is 690. The molecule has 0 spiro atoms. The minimum absolute atomic E-state index is 0.0527. The smallest absolute Gasteiger partial charge is 0.224 e. The third kappa shape index (κ3) is 4.75. The van der Waals surface area contributed by atoms with E-state index in [0.29, 0.717) is 18.9 Å². The molecular weight excluding hydrogens is 314 g/mol. The Labute approximate surface area is 149 Å². The van der Waals surface area contributed by atoms with Crippen LogP contribution in [0, 0.1) is 5.92 Å². The van der Waals surface area contributed by atoms with E-state index in [-0.39, 0.29) is 11.9 Å². The summed E-state index contributed by atoms with van der Waals surface area (Å²) in [6.45, 7) is 2.60. The topological polar surface area (TPSA) is 47.6 Å². The Morgan fingerprint density at radius 1 is 1.08 bits per heavy atom. The van der Waals surface area contributed by atoms with Crippen molar-refractivity contribution in [1.82, 2.24) is 5.32 Å². The van der Waals surface area contributed by atoms with Crippen LogP contribution in [0.15, 0.2) is 48.5 Å². The van der Waals surface area contributed by atoms with E-state index in [0.717, 1.165) is 22.6 Å². The monoisotopic (exact) mass is 339 g/mol. The van der Waals surface area contributed by atoms with Crippen LogP contribution in [0.25, 0.3) is 0 Å². The molecule has 1 amide bonds. The van der Waals surface area contributed by atoms with Gasteiger partial charge in [-0.25, -0.2) is 0 Å². The molecule has 0 radical (unpaired) electrons. The summed E-state index contributed by atoms with van der Waals surface area (Å²) in [4.78, 5) is 12.5. The van der Waals surface area contributed by atoms with Gasteiger partial charge in [0.1, 0.15) is 11.5 Å². The first-order valence-corrected chi connectivity index (χ1v) is 8.84. The number of carbonyl (C=O) groups is 1. The summed E-state index contributed by atoms with van der Waals surface area (Å²) in [6.07, 6.45) is 2.71. The van der Waals surface area contributed by atoms with E-state index in [2.05, 4.69) is 5.32 Å². The molecule has 1 N–H and O–H groups in total. The molecule has 1 aliphatic carbocycles. The van der Waals surface area contributed by atoms with Gasteiger partial charge in [0, 0.05) is 0 Å². The number of carbonyl (C=O) groups excluding carboxylic acids is 1. The molecule has 1 aliphatic rings. The van der Waals surface area contributed by atoms with Gasteiger partial charge in [0.2, 0.25) is 5.91 Å². The number of nitrogens with one attached hydrogen (secondary N) is 1. The molecule has 1 saturated carbocycles. The van der Waals surface area contributed by atoms with Gasteiger partial charge < -0.3 is 14.8 Å². The molecule has 0 heterocycles. The quantitative estimate of drug-likeness (QED) is 0.793. The zero-order valence-corrected chi connectivity index (χ0v) is 14.8. The minimum Gasteiger partial charge on any atom is -0.497 e. The van der Waals surface area contributed by atoms with Crippen molar-refractivity contribution in [2.24, 2.45) is 5.92 Å². The highest BCUT2D eigenvalue weighted by molar-refractivity contribution is 5.79. The van der Waals surface area contributed by atoms with Crippen molar-refractivity contribution in [3.05, 3.63) is 59.7 Å². The van der Waals surface area contributed by atoms with Crippen LogP contribution in [0.4, 0.5) is 0 Å². The molecule has 0 aromatic heterocycles. The van der Waals surface area contributed by atoms with E-state index in [9.17, 15) is 4.79 Å². The summed E-state index contributed by atoms with van der Waals surface area (Å²) in [6, 6.07) is 15.8. The second-order valence-corrected chi connectivity index (χ2v) is 6.41. The van der Waals surface area contributed by atoms with Crippen molar-refractivity contribution in [2.45, 2.75) is 32.2 Å². The lowest BCUT2D eigenvalue weighted by atomic mass is 10.0. The zero-order valence-electron chi connectivity index (χ0n) is 14.8. The molecule has 0 aliphatic heterocycles. The van der Waals surface area contributed by atoms with E-state index in [1.165, 1.54) is 12.8 Å². The maximum Gasteiger partial charge on any atom is 0.224 e. The van der Waals surface area contributed by atoms with Gasteiger partial charge in [-0.3, -0.25) is 4.79 Å². The highest BCUT2D eigenvalue weighted by Crippen LogP contribution is 2.41. The molecule has 3 rings (SSSR count). The lowest BCUT2D eigenvalue weighted by Crippen LogP contribution is -2.31. The van der Waals surface area contributed by atoms with Gasteiger partial charge in [0.15, 0.2) is 0 Å². The van der Waals surface area contributed by atoms with E-state index >= 15 is 0 Å². The number of ether oxygens (including phenoxy) is 2. The van der Waals surface area contributed by atoms with Crippen LogP contribution in [0.3, 0.4) is 0 Å². The lowest BCUT2D eigenvalue weighted by molar-refractivity contribution is -0.121. The fourth-order valence-electron chi connectivity index (χ4n) is 2.99. The molecule has 132 valence electrons. The van der Waals surface area contributed by atoms with Crippen molar-refractivity contribution in [2.75, 3.05) is 13.7 Å². The van der Waals surface area contributed by atoms with Crippen LogP contribution in [0.5, 0.6) is 11.5 Å². The van der Waals surface area contributed by atoms with Crippen molar-refractivity contribution >= 4 is 5.91 Å². The number of benzene rings is 2. The molecule has 0 bridgehead atoms. The van der Waals surface area contributed by atoms with Crippen LogP contribution in [-0.4, -0.2) is 19.6 Å². The highest BCUT2D eigenvalue weighted by atomic mass is 16.5. The van der Waals surface area contributed by atoms with Crippen LogP contribution in [0.1, 0.15) is 36.9 Å². The van der Waals surface area contributed by atoms with Gasteiger partial charge >= 0.3 is 0 Å². The molecule has 1 fully saturated rings. The van der Waals surface area contributed by atoms with Crippen LogP contribution < -0.4 is 14.8 Å². The maximum atomic E-state index is 12.5. The third-order valence-electron chi connectivity index (χ3n) is 4.48. The first kappa shape index (κ1) is 17.3. The average Bonchev–Trinajstić information content (AvgIpc) is 3.47. The highest BCUT2D eigenvalue weighted by Gasteiger charge is 2.33. The summed E-state index contributed by atoms with van der Waals surface area (Å²) in [5.74, 6) is 2.26. The predicted molar refractivity (Wildman–Crippen MR) is 97.9 cm³/mol. The number of rotatable bonds is 8. The molecule has 1 atom stereocenters. The molecule has 2 aromatic rings. The predicted octanol–water partition coefficient (Wildman–Crippen LogP) is 3.90. The number of methoxy groups -OCH3 is 1. The molecule has 4 heteroatoms. The largest absolute Gasteiger partial charge is 0.497 e. The molecule has 0 saturated heterocycles. The van der Waals surface area contributed by atoms with Crippen molar-refractivity contribution in [1.29, 1.82) is 0 Å². The molecule has 25 heavy (non-hydrogen) atoms. The van der Waals surface area contributed by atoms with Gasteiger partial charge in [-0.2, -0.15) is 0 Å². The van der Waals surface area contributed by atoms with Crippen LogP contribution in [0.2, 0.25) is 0 Å². The Hall–Kier alpha value is -2.49. The molecule has 1 unspecified atom stereocenters. The summed E-state index contributed by atoms with van der Waals surface area (Å²) in [5, 5.41) is 3.21. The SMILES string of the molecule is CCOc1ccc(CC(=O)NC(c2ccc(OC)cc2)C2CC2)cc1. The van der Waals surface area contributed by atoms with Crippen molar-refractivity contribution < 1.29 is 14.3 Å². The Kier molecular flexibility index (Phi) is 5.59. The standard InChI is InChI=1S/C21H25NO3/c1-3-25-19-10-4-15(5-11-19)14-20(23)22-21(16-6-7-16)17-8-12-18(24-2)13-9-17/h4-5,8-13,16,21H,3,6-7,14H2,1-2H3,(H,22,23). The van der Waals surface area contributed by atoms with Gasteiger partial charge in [-0.1, -0.05) is 24.3 Å². The molecule has 4 nitrogen and oxygen atoms in total. The van der Waals surface area contributed by atoms with E-state index in [1.54, 1.807) is 7.11 Å². The summed E-state index contributed by atoms with van der Waals surface area (Å²) in [7, 11) is 1.66. The first-order chi connectivity index (χ1) is 12.2.